The van der Waals surface area contributed by atoms with Crippen LogP contribution in [0.1, 0.15) is 15.9 Å². The first kappa shape index (κ1) is 18.4. The van der Waals surface area contributed by atoms with Crippen molar-refractivity contribution in [1.82, 2.24) is 10.3 Å². The highest BCUT2D eigenvalue weighted by Gasteiger charge is 2.09. The van der Waals surface area contributed by atoms with Gasteiger partial charge in [-0.05, 0) is 36.2 Å². The van der Waals surface area contributed by atoms with Crippen LogP contribution in [0.15, 0.2) is 60.9 Å². The van der Waals surface area contributed by atoms with E-state index in [-0.39, 0.29) is 29.5 Å². The van der Waals surface area contributed by atoms with Gasteiger partial charge < -0.3 is 10.6 Å². The number of hydrogen-bond acceptors (Lipinski definition) is 3. The summed E-state index contributed by atoms with van der Waals surface area (Å²) >= 11 is 0. The SMILES string of the molecule is O=C(NCCc1ccccc1F)c1cncc(Nc2ccc(F)cc2F)c1. The molecule has 2 aromatic carbocycles. The number of anilines is 2. The predicted octanol–water partition coefficient (Wildman–Crippen LogP) is 4.22. The van der Waals surface area contributed by atoms with Crippen LogP contribution in [0.5, 0.6) is 0 Å². The van der Waals surface area contributed by atoms with Gasteiger partial charge in [0.05, 0.1) is 23.1 Å². The van der Waals surface area contributed by atoms with Gasteiger partial charge in [0.2, 0.25) is 0 Å². The molecule has 1 aromatic heterocycles. The zero-order valence-electron chi connectivity index (χ0n) is 14.2. The molecule has 0 saturated carbocycles. The molecule has 0 radical (unpaired) electrons. The molecule has 0 atom stereocenters. The third-order valence-electron chi connectivity index (χ3n) is 3.85. The average molecular weight is 371 g/mol. The average Bonchev–Trinajstić information content (AvgIpc) is 2.66. The summed E-state index contributed by atoms with van der Waals surface area (Å²) in [5.74, 6) is -2.14. The molecular formula is C20H16F3N3O. The lowest BCUT2D eigenvalue weighted by Crippen LogP contribution is -2.26. The Morgan fingerprint density at radius 1 is 0.963 bits per heavy atom. The second-order valence-electron chi connectivity index (χ2n) is 5.81. The standard InChI is InChI=1S/C20H16F3N3O/c21-15-5-6-19(18(23)10-15)26-16-9-14(11-24-12-16)20(27)25-8-7-13-3-1-2-4-17(13)22/h1-6,9-12,26H,7-8H2,(H,25,27). The first-order chi connectivity index (χ1) is 13.0. The molecule has 27 heavy (non-hydrogen) atoms. The Kier molecular flexibility index (Phi) is 5.71. The van der Waals surface area contributed by atoms with Gasteiger partial charge >= 0.3 is 0 Å². The molecule has 0 aliphatic heterocycles. The topological polar surface area (TPSA) is 54.0 Å². The second kappa shape index (κ2) is 8.35. The van der Waals surface area contributed by atoms with Crippen molar-refractivity contribution in [3.8, 4) is 0 Å². The zero-order valence-corrected chi connectivity index (χ0v) is 14.2. The molecule has 2 N–H and O–H groups in total. The summed E-state index contributed by atoms with van der Waals surface area (Å²) in [6.45, 7) is 0.254. The van der Waals surface area contributed by atoms with Crippen LogP contribution in [0.3, 0.4) is 0 Å². The third-order valence-corrected chi connectivity index (χ3v) is 3.85. The van der Waals surface area contributed by atoms with Crippen LogP contribution in [0, 0.1) is 17.5 Å². The first-order valence-corrected chi connectivity index (χ1v) is 8.21. The van der Waals surface area contributed by atoms with Gasteiger partial charge in [-0.3, -0.25) is 9.78 Å². The Balaban J connectivity index is 1.62. The lowest BCUT2D eigenvalue weighted by molar-refractivity contribution is 0.0953. The van der Waals surface area contributed by atoms with E-state index in [1.165, 1.54) is 30.6 Å². The summed E-state index contributed by atoms with van der Waals surface area (Å²) in [7, 11) is 0. The van der Waals surface area contributed by atoms with E-state index in [4.69, 9.17) is 0 Å². The fourth-order valence-corrected chi connectivity index (χ4v) is 2.49. The van der Waals surface area contributed by atoms with Crippen LogP contribution in [-0.4, -0.2) is 17.4 Å². The van der Waals surface area contributed by atoms with Crippen molar-refractivity contribution in [3.63, 3.8) is 0 Å². The summed E-state index contributed by atoms with van der Waals surface area (Å²) in [6, 6.07) is 11.0. The van der Waals surface area contributed by atoms with Crippen molar-refractivity contribution in [2.24, 2.45) is 0 Å². The van der Waals surface area contributed by atoms with E-state index in [2.05, 4.69) is 15.6 Å². The summed E-state index contributed by atoms with van der Waals surface area (Å²) < 4.78 is 40.3. The summed E-state index contributed by atoms with van der Waals surface area (Å²) in [5, 5.41) is 5.44. The number of carbonyl (C=O) groups excluding carboxylic acids is 1. The predicted molar refractivity (Wildman–Crippen MR) is 96.3 cm³/mol. The zero-order chi connectivity index (χ0) is 19.2. The van der Waals surface area contributed by atoms with E-state index < -0.39 is 11.6 Å². The van der Waals surface area contributed by atoms with Gasteiger partial charge in [0.25, 0.3) is 5.91 Å². The highest BCUT2D eigenvalue weighted by Crippen LogP contribution is 2.20. The summed E-state index contributed by atoms with van der Waals surface area (Å²) in [4.78, 5) is 16.2. The third kappa shape index (κ3) is 4.84. The largest absolute Gasteiger partial charge is 0.352 e. The number of carbonyl (C=O) groups is 1. The molecule has 1 heterocycles. The van der Waals surface area contributed by atoms with Crippen molar-refractivity contribution in [3.05, 3.63) is 89.5 Å². The number of pyridine rings is 1. The molecule has 0 saturated heterocycles. The van der Waals surface area contributed by atoms with Crippen LogP contribution in [0.4, 0.5) is 24.5 Å². The monoisotopic (exact) mass is 371 g/mol. The first-order valence-electron chi connectivity index (χ1n) is 8.21. The molecule has 0 spiro atoms. The fraction of sp³-hybridized carbons (Fsp3) is 0.100. The fourth-order valence-electron chi connectivity index (χ4n) is 2.49. The molecule has 0 unspecified atom stereocenters. The molecule has 1 amide bonds. The van der Waals surface area contributed by atoms with Crippen LogP contribution >= 0.6 is 0 Å². The molecule has 138 valence electrons. The lowest BCUT2D eigenvalue weighted by atomic mass is 10.1. The lowest BCUT2D eigenvalue weighted by Gasteiger charge is -2.10. The number of halogens is 3. The van der Waals surface area contributed by atoms with Gasteiger partial charge in [-0.1, -0.05) is 18.2 Å². The van der Waals surface area contributed by atoms with E-state index in [1.54, 1.807) is 18.2 Å². The van der Waals surface area contributed by atoms with Crippen molar-refractivity contribution >= 4 is 17.3 Å². The molecular weight excluding hydrogens is 355 g/mol. The highest BCUT2D eigenvalue weighted by atomic mass is 19.1. The molecule has 0 aliphatic rings. The van der Waals surface area contributed by atoms with Crippen molar-refractivity contribution < 1.29 is 18.0 Å². The van der Waals surface area contributed by atoms with Gasteiger partial charge in [0.15, 0.2) is 0 Å². The summed E-state index contributed by atoms with van der Waals surface area (Å²) in [5.41, 5.74) is 1.21. The van der Waals surface area contributed by atoms with Crippen LogP contribution in [0.2, 0.25) is 0 Å². The Morgan fingerprint density at radius 2 is 1.78 bits per heavy atom. The molecule has 4 nitrogen and oxygen atoms in total. The normalized spacial score (nSPS) is 10.5. The number of nitrogens with zero attached hydrogens (tertiary/aromatic N) is 1. The molecule has 3 rings (SSSR count). The molecule has 3 aromatic rings. The van der Waals surface area contributed by atoms with Crippen LogP contribution < -0.4 is 10.6 Å². The summed E-state index contributed by atoms with van der Waals surface area (Å²) in [6.07, 6.45) is 3.13. The molecule has 0 fully saturated rings. The second-order valence-corrected chi connectivity index (χ2v) is 5.81. The van der Waals surface area contributed by atoms with E-state index in [0.717, 1.165) is 12.1 Å². The van der Waals surface area contributed by atoms with Crippen LogP contribution in [-0.2, 0) is 6.42 Å². The minimum Gasteiger partial charge on any atom is -0.352 e. The van der Waals surface area contributed by atoms with Gasteiger partial charge in [0.1, 0.15) is 17.5 Å². The number of aromatic nitrogens is 1. The highest BCUT2D eigenvalue weighted by molar-refractivity contribution is 5.94. The van der Waals surface area contributed by atoms with Crippen molar-refractivity contribution in [2.45, 2.75) is 6.42 Å². The number of rotatable bonds is 6. The molecule has 7 heteroatoms. The van der Waals surface area contributed by atoms with Gasteiger partial charge in [-0.25, -0.2) is 13.2 Å². The Labute approximate surface area is 154 Å². The molecule has 0 aliphatic carbocycles. The van der Waals surface area contributed by atoms with E-state index in [9.17, 15) is 18.0 Å². The maximum Gasteiger partial charge on any atom is 0.252 e. The molecule has 0 bridgehead atoms. The van der Waals surface area contributed by atoms with E-state index >= 15 is 0 Å². The van der Waals surface area contributed by atoms with Crippen molar-refractivity contribution in [1.29, 1.82) is 0 Å². The minimum atomic E-state index is -0.755. The van der Waals surface area contributed by atoms with Gasteiger partial charge in [-0.15, -0.1) is 0 Å². The minimum absolute atomic E-state index is 0.0651. The Bertz CT molecular complexity index is 963. The number of amides is 1. The Morgan fingerprint density at radius 3 is 2.56 bits per heavy atom. The maximum absolute atomic E-state index is 13.7. The van der Waals surface area contributed by atoms with Gasteiger partial charge in [-0.2, -0.15) is 0 Å². The maximum atomic E-state index is 13.7. The smallest absolute Gasteiger partial charge is 0.252 e. The quantitative estimate of drug-likeness (QED) is 0.682. The van der Waals surface area contributed by atoms with Crippen molar-refractivity contribution in [2.75, 3.05) is 11.9 Å². The number of nitrogens with one attached hydrogen (secondary N) is 2. The Hall–Kier alpha value is -3.35. The van der Waals surface area contributed by atoms with Crippen LogP contribution in [0.25, 0.3) is 0 Å². The van der Waals surface area contributed by atoms with Gasteiger partial charge in [0, 0.05) is 18.8 Å². The number of hydrogen-bond donors (Lipinski definition) is 2. The number of benzene rings is 2. The van der Waals surface area contributed by atoms with E-state index in [1.807, 2.05) is 0 Å². The van der Waals surface area contributed by atoms with E-state index in [0.29, 0.717) is 17.7 Å².